The van der Waals surface area contributed by atoms with Crippen LogP contribution in [0.1, 0.15) is 19.3 Å². The summed E-state index contributed by atoms with van der Waals surface area (Å²) >= 11 is 0. The number of nitrogens with two attached hydrogens (primary N) is 1. The van der Waals surface area contributed by atoms with Gasteiger partial charge in [0.25, 0.3) is 0 Å². The molecule has 1 aliphatic rings. The Kier molecular flexibility index (Phi) is 5.32. The fourth-order valence-corrected chi connectivity index (χ4v) is 1.50. The summed E-state index contributed by atoms with van der Waals surface area (Å²) in [5, 5.41) is 3.40. The summed E-state index contributed by atoms with van der Waals surface area (Å²) in [6.45, 7) is 4.83. The van der Waals surface area contributed by atoms with Crippen LogP contribution in [0.4, 0.5) is 0 Å². The summed E-state index contributed by atoms with van der Waals surface area (Å²) in [5.41, 5.74) is 5.38. The second-order valence-electron chi connectivity index (χ2n) is 3.43. The first kappa shape index (κ1) is 9.96. The van der Waals surface area contributed by atoms with Gasteiger partial charge in [0.2, 0.25) is 0 Å². The smallest absolute Gasteiger partial charge is 0.0506 e. The Hall–Kier alpha value is -0.120. The second-order valence-corrected chi connectivity index (χ2v) is 3.43. The average Bonchev–Trinajstić information content (AvgIpc) is 2.14. The van der Waals surface area contributed by atoms with E-state index in [0.29, 0.717) is 0 Å². The first-order chi connectivity index (χ1) is 5.93. The molecule has 3 heteroatoms. The normalized spacial score (nSPS) is 24.2. The molecule has 0 aromatic carbocycles. The van der Waals surface area contributed by atoms with E-state index in [2.05, 4.69) is 5.32 Å². The highest BCUT2D eigenvalue weighted by atomic mass is 16.5. The van der Waals surface area contributed by atoms with Crippen molar-refractivity contribution in [3.63, 3.8) is 0 Å². The second kappa shape index (κ2) is 6.40. The number of nitrogens with one attached hydrogen (secondary N) is 1. The van der Waals surface area contributed by atoms with Gasteiger partial charge in [0.05, 0.1) is 6.61 Å². The van der Waals surface area contributed by atoms with E-state index < -0.39 is 0 Å². The first-order valence-corrected chi connectivity index (χ1v) is 4.92. The first-order valence-electron chi connectivity index (χ1n) is 4.92. The number of hydrogen-bond donors (Lipinski definition) is 2. The molecule has 3 N–H and O–H groups in total. The Morgan fingerprint density at radius 1 is 1.50 bits per heavy atom. The van der Waals surface area contributed by atoms with Gasteiger partial charge in [0.1, 0.15) is 0 Å². The molecule has 0 aromatic rings. The molecule has 0 aromatic heterocycles. The fourth-order valence-electron chi connectivity index (χ4n) is 1.50. The van der Waals surface area contributed by atoms with Crippen LogP contribution in [0.3, 0.4) is 0 Å². The van der Waals surface area contributed by atoms with Crippen molar-refractivity contribution in [2.45, 2.75) is 19.3 Å². The van der Waals surface area contributed by atoms with Gasteiger partial charge < -0.3 is 15.8 Å². The molecule has 1 fully saturated rings. The molecule has 0 bridgehead atoms. The van der Waals surface area contributed by atoms with Crippen molar-refractivity contribution in [1.82, 2.24) is 5.32 Å². The Morgan fingerprint density at radius 2 is 2.42 bits per heavy atom. The maximum Gasteiger partial charge on any atom is 0.0506 e. The van der Waals surface area contributed by atoms with Crippen LogP contribution in [0.5, 0.6) is 0 Å². The molecule has 72 valence electrons. The Bertz CT molecular complexity index is 103. The van der Waals surface area contributed by atoms with E-state index in [9.17, 15) is 0 Å². The summed E-state index contributed by atoms with van der Waals surface area (Å²) < 4.78 is 5.37. The molecule has 0 spiro atoms. The largest absolute Gasteiger partial charge is 0.381 e. The predicted octanol–water partition coefficient (Wildman–Crippen LogP) is 0.351. The van der Waals surface area contributed by atoms with E-state index in [0.717, 1.165) is 45.2 Å². The third-order valence-corrected chi connectivity index (χ3v) is 2.25. The van der Waals surface area contributed by atoms with Crippen molar-refractivity contribution >= 4 is 0 Å². The van der Waals surface area contributed by atoms with E-state index >= 15 is 0 Å². The molecule has 12 heavy (non-hydrogen) atoms. The molecule has 3 nitrogen and oxygen atoms in total. The Morgan fingerprint density at radius 3 is 3.08 bits per heavy atom. The lowest BCUT2D eigenvalue weighted by atomic mass is 10.0. The number of hydrogen-bond acceptors (Lipinski definition) is 3. The van der Waals surface area contributed by atoms with Gasteiger partial charge in [-0.15, -0.1) is 0 Å². The predicted molar refractivity (Wildman–Crippen MR) is 50.1 cm³/mol. The van der Waals surface area contributed by atoms with Crippen molar-refractivity contribution in [2.75, 3.05) is 32.8 Å². The zero-order valence-corrected chi connectivity index (χ0v) is 7.72. The minimum Gasteiger partial charge on any atom is -0.381 e. The minimum atomic E-state index is 0.733. The van der Waals surface area contributed by atoms with Gasteiger partial charge in [0, 0.05) is 13.2 Å². The zero-order valence-electron chi connectivity index (χ0n) is 7.72. The monoisotopic (exact) mass is 172 g/mol. The molecule has 0 saturated carbocycles. The standard InChI is InChI=1S/C9H20N2O/c10-4-2-5-11-7-9-3-1-6-12-8-9/h9,11H,1-8,10H2. The van der Waals surface area contributed by atoms with Crippen LogP contribution in [0.25, 0.3) is 0 Å². The van der Waals surface area contributed by atoms with Crippen LogP contribution in [-0.4, -0.2) is 32.8 Å². The van der Waals surface area contributed by atoms with Gasteiger partial charge >= 0.3 is 0 Å². The van der Waals surface area contributed by atoms with Gasteiger partial charge in [-0.25, -0.2) is 0 Å². The molecule has 1 atom stereocenters. The maximum absolute atomic E-state index is 5.38. The lowest BCUT2D eigenvalue weighted by molar-refractivity contribution is 0.0549. The quantitative estimate of drug-likeness (QED) is 0.588. The van der Waals surface area contributed by atoms with Crippen LogP contribution in [-0.2, 0) is 4.74 Å². The highest BCUT2D eigenvalue weighted by Crippen LogP contribution is 2.11. The maximum atomic E-state index is 5.38. The van der Waals surface area contributed by atoms with E-state index in [1.807, 2.05) is 0 Å². The highest BCUT2D eigenvalue weighted by molar-refractivity contribution is 4.65. The van der Waals surface area contributed by atoms with Gasteiger partial charge in [0.15, 0.2) is 0 Å². The van der Waals surface area contributed by atoms with Crippen LogP contribution in [0.15, 0.2) is 0 Å². The van der Waals surface area contributed by atoms with Gasteiger partial charge in [-0.1, -0.05) is 0 Å². The summed E-state index contributed by atoms with van der Waals surface area (Å²) in [4.78, 5) is 0. The van der Waals surface area contributed by atoms with E-state index in [1.54, 1.807) is 0 Å². The lowest BCUT2D eigenvalue weighted by Gasteiger charge is -2.22. The van der Waals surface area contributed by atoms with Gasteiger partial charge in [-0.3, -0.25) is 0 Å². The number of ether oxygens (including phenoxy) is 1. The van der Waals surface area contributed by atoms with E-state index in [-0.39, 0.29) is 0 Å². The SMILES string of the molecule is NCCCNCC1CCCOC1. The topological polar surface area (TPSA) is 47.3 Å². The molecule has 1 unspecified atom stereocenters. The third kappa shape index (κ3) is 4.04. The lowest BCUT2D eigenvalue weighted by Crippen LogP contribution is -2.30. The molecular weight excluding hydrogens is 152 g/mol. The molecule has 0 amide bonds. The molecule has 1 rings (SSSR count). The van der Waals surface area contributed by atoms with Crippen LogP contribution >= 0.6 is 0 Å². The molecule has 1 aliphatic heterocycles. The van der Waals surface area contributed by atoms with Crippen molar-refractivity contribution in [1.29, 1.82) is 0 Å². The minimum absolute atomic E-state index is 0.733. The van der Waals surface area contributed by atoms with Crippen molar-refractivity contribution in [3.8, 4) is 0 Å². The summed E-state index contributed by atoms with van der Waals surface area (Å²) in [7, 11) is 0. The summed E-state index contributed by atoms with van der Waals surface area (Å²) in [6, 6.07) is 0. The van der Waals surface area contributed by atoms with Crippen molar-refractivity contribution in [2.24, 2.45) is 11.7 Å². The fraction of sp³-hybridized carbons (Fsp3) is 1.00. The third-order valence-electron chi connectivity index (χ3n) is 2.25. The van der Waals surface area contributed by atoms with Gasteiger partial charge in [-0.2, -0.15) is 0 Å². The molecule has 0 radical (unpaired) electrons. The summed E-state index contributed by atoms with van der Waals surface area (Å²) in [5.74, 6) is 0.733. The van der Waals surface area contributed by atoms with E-state index in [1.165, 1.54) is 12.8 Å². The highest BCUT2D eigenvalue weighted by Gasteiger charge is 2.12. The van der Waals surface area contributed by atoms with Crippen LogP contribution in [0, 0.1) is 5.92 Å². The average molecular weight is 172 g/mol. The number of rotatable bonds is 5. The van der Waals surface area contributed by atoms with Crippen LogP contribution < -0.4 is 11.1 Å². The van der Waals surface area contributed by atoms with Crippen molar-refractivity contribution in [3.05, 3.63) is 0 Å². The van der Waals surface area contributed by atoms with Crippen molar-refractivity contribution < 1.29 is 4.74 Å². The Balaban J connectivity index is 1.91. The van der Waals surface area contributed by atoms with E-state index in [4.69, 9.17) is 10.5 Å². The molecule has 0 aliphatic carbocycles. The van der Waals surface area contributed by atoms with Gasteiger partial charge in [-0.05, 0) is 38.3 Å². The molecule has 1 saturated heterocycles. The van der Waals surface area contributed by atoms with Crippen LogP contribution in [0.2, 0.25) is 0 Å². The summed E-state index contributed by atoms with van der Waals surface area (Å²) in [6.07, 6.45) is 3.62. The molecule has 1 heterocycles. The molecular formula is C9H20N2O. The Labute approximate surface area is 74.7 Å². The zero-order chi connectivity index (χ0) is 8.65.